The van der Waals surface area contributed by atoms with Gasteiger partial charge in [-0.05, 0) is 43.4 Å². The molecule has 1 unspecified atom stereocenters. The van der Waals surface area contributed by atoms with Crippen LogP contribution in [-0.4, -0.2) is 79.0 Å². The highest BCUT2D eigenvalue weighted by molar-refractivity contribution is 5.80. The first kappa shape index (κ1) is 24.9. The number of benzene rings is 1. The average Bonchev–Trinajstić information content (AvgIpc) is 3.13. The largest absolute Gasteiger partial charge is 0.497 e. The summed E-state index contributed by atoms with van der Waals surface area (Å²) in [6.07, 6.45) is -1.43. The van der Waals surface area contributed by atoms with Crippen LogP contribution < -0.4 is 4.74 Å². The molecule has 1 N–H and O–H groups in total. The van der Waals surface area contributed by atoms with E-state index in [1.54, 1.807) is 26.1 Å². The maximum absolute atomic E-state index is 12.1. The molecule has 2 heterocycles. The standard InChI is InChI=1S/C19H28N2O3.C2HF3O2/c1-20(2)18(22)17-8-9-19(24-17)10-12-21(13-11-19)14-15-4-6-16(23-3)7-5-15;3-2(4,5)1(6)7/h4-7,17H,8-14H2,1-3H3;(H,6,7). The van der Waals surface area contributed by atoms with Crippen LogP contribution in [0.2, 0.25) is 0 Å². The van der Waals surface area contributed by atoms with E-state index in [9.17, 15) is 18.0 Å². The highest BCUT2D eigenvalue weighted by Crippen LogP contribution is 2.39. The number of ether oxygens (including phenoxy) is 2. The predicted molar refractivity (Wildman–Crippen MR) is 107 cm³/mol. The second-order valence-corrected chi connectivity index (χ2v) is 7.99. The first-order valence-corrected chi connectivity index (χ1v) is 10.0. The number of methoxy groups -OCH3 is 1. The molecule has 1 aromatic carbocycles. The number of aliphatic carboxylic acids is 1. The van der Waals surface area contributed by atoms with Crippen molar-refractivity contribution in [2.45, 2.75) is 50.1 Å². The van der Waals surface area contributed by atoms with Crippen molar-refractivity contribution in [3.63, 3.8) is 0 Å². The van der Waals surface area contributed by atoms with Crippen LogP contribution in [0.1, 0.15) is 31.2 Å². The molecule has 0 radical (unpaired) electrons. The van der Waals surface area contributed by atoms with Crippen molar-refractivity contribution < 1.29 is 37.3 Å². The number of hydrogen-bond acceptors (Lipinski definition) is 5. The van der Waals surface area contributed by atoms with E-state index < -0.39 is 12.1 Å². The number of halogens is 3. The molecule has 0 aromatic heterocycles. The van der Waals surface area contributed by atoms with Gasteiger partial charge >= 0.3 is 12.1 Å². The van der Waals surface area contributed by atoms with E-state index in [-0.39, 0.29) is 17.6 Å². The second-order valence-electron chi connectivity index (χ2n) is 7.99. The van der Waals surface area contributed by atoms with E-state index >= 15 is 0 Å². The Hall–Kier alpha value is -2.33. The van der Waals surface area contributed by atoms with Crippen molar-refractivity contribution in [2.75, 3.05) is 34.3 Å². The fraction of sp³-hybridized carbons (Fsp3) is 0.619. The SMILES string of the molecule is COc1ccc(CN2CCC3(CCC(C(=O)N(C)C)O3)CC2)cc1.O=C(O)C(F)(F)F. The van der Waals surface area contributed by atoms with Gasteiger partial charge in [0.25, 0.3) is 5.91 Å². The molecule has 10 heteroatoms. The fourth-order valence-electron chi connectivity index (χ4n) is 3.75. The quantitative estimate of drug-likeness (QED) is 0.766. The maximum Gasteiger partial charge on any atom is 0.490 e. The molecule has 1 spiro atoms. The maximum atomic E-state index is 12.1. The van der Waals surface area contributed by atoms with Crippen molar-refractivity contribution >= 4 is 11.9 Å². The number of hydrogen-bond donors (Lipinski definition) is 1. The molecule has 1 aromatic rings. The van der Waals surface area contributed by atoms with Gasteiger partial charge in [0.15, 0.2) is 0 Å². The molecule has 31 heavy (non-hydrogen) atoms. The van der Waals surface area contributed by atoms with Crippen LogP contribution in [0, 0.1) is 0 Å². The van der Waals surface area contributed by atoms with Crippen LogP contribution in [0.4, 0.5) is 13.2 Å². The summed E-state index contributed by atoms with van der Waals surface area (Å²) < 4.78 is 43.2. The third-order valence-electron chi connectivity index (χ3n) is 5.55. The van der Waals surface area contributed by atoms with Crippen molar-refractivity contribution in [3.8, 4) is 5.75 Å². The lowest BCUT2D eigenvalue weighted by Gasteiger charge is -2.39. The van der Waals surface area contributed by atoms with Gasteiger partial charge in [0.05, 0.1) is 12.7 Å². The Bertz CT molecular complexity index is 744. The lowest BCUT2D eigenvalue weighted by atomic mass is 9.88. The number of carbonyl (C=O) groups excluding carboxylic acids is 1. The topological polar surface area (TPSA) is 79.3 Å². The average molecular weight is 446 g/mol. The molecule has 1 amide bonds. The molecule has 0 saturated carbocycles. The molecule has 0 aliphatic carbocycles. The van der Waals surface area contributed by atoms with Gasteiger partial charge in [-0.1, -0.05) is 12.1 Å². The first-order chi connectivity index (χ1) is 14.5. The Morgan fingerprint density at radius 2 is 1.74 bits per heavy atom. The van der Waals surface area contributed by atoms with E-state index in [4.69, 9.17) is 19.4 Å². The Morgan fingerprint density at radius 3 is 2.19 bits per heavy atom. The number of carbonyl (C=O) groups is 2. The van der Waals surface area contributed by atoms with Crippen molar-refractivity contribution in [1.82, 2.24) is 9.80 Å². The summed E-state index contributed by atoms with van der Waals surface area (Å²) in [5.74, 6) is -1.76. The Kier molecular flexibility index (Phi) is 8.30. The van der Waals surface area contributed by atoms with Crippen molar-refractivity contribution in [2.24, 2.45) is 0 Å². The minimum atomic E-state index is -5.08. The first-order valence-electron chi connectivity index (χ1n) is 10.0. The molecular formula is C21H29F3N2O5. The molecule has 0 bridgehead atoms. The molecule has 3 rings (SSSR count). The van der Waals surface area contributed by atoms with Crippen molar-refractivity contribution in [1.29, 1.82) is 0 Å². The molecule has 2 aliphatic heterocycles. The number of likely N-dealkylation sites (tertiary alicyclic amines) is 1. The van der Waals surface area contributed by atoms with E-state index in [1.165, 1.54) is 5.56 Å². The molecule has 2 saturated heterocycles. The Balaban J connectivity index is 0.000000423. The molecule has 7 nitrogen and oxygen atoms in total. The summed E-state index contributed by atoms with van der Waals surface area (Å²) in [6, 6.07) is 8.28. The predicted octanol–water partition coefficient (Wildman–Crippen LogP) is 2.93. The minimum absolute atomic E-state index is 0.0766. The zero-order chi connectivity index (χ0) is 23.2. The second kappa shape index (κ2) is 10.3. The molecule has 2 fully saturated rings. The highest BCUT2D eigenvalue weighted by atomic mass is 19.4. The third-order valence-corrected chi connectivity index (χ3v) is 5.55. The van der Waals surface area contributed by atoms with Gasteiger partial charge < -0.3 is 19.5 Å². The van der Waals surface area contributed by atoms with Crippen LogP contribution in [0.25, 0.3) is 0 Å². The number of likely N-dealkylation sites (N-methyl/N-ethyl adjacent to an activating group) is 1. The molecule has 1 atom stereocenters. The van der Waals surface area contributed by atoms with Gasteiger partial charge in [-0.3, -0.25) is 9.69 Å². The molecule has 174 valence electrons. The number of alkyl halides is 3. The van der Waals surface area contributed by atoms with Gasteiger partial charge in [-0.25, -0.2) is 4.79 Å². The molecule has 2 aliphatic rings. The van der Waals surface area contributed by atoms with Gasteiger partial charge in [0, 0.05) is 33.7 Å². The van der Waals surface area contributed by atoms with Gasteiger partial charge in [0.1, 0.15) is 11.9 Å². The number of carboxylic acid groups (broad SMARTS) is 1. The van der Waals surface area contributed by atoms with E-state index in [1.807, 2.05) is 12.1 Å². The van der Waals surface area contributed by atoms with Gasteiger partial charge in [0.2, 0.25) is 0 Å². The summed E-state index contributed by atoms with van der Waals surface area (Å²) in [6.45, 7) is 3.00. The zero-order valence-electron chi connectivity index (χ0n) is 17.9. The monoisotopic (exact) mass is 446 g/mol. The van der Waals surface area contributed by atoms with E-state index in [0.717, 1.165) is 51.1 Å². The van der Waals surface area contributed by atoms with E-state index in [2.05, 4.69) is 17.0 Å². The highest BCUT2D eigenvalue weighted by Gasteiger charge is 2.45. The van der Waals surface area contributed by atoms with Crippen LogP contribution in [0.15, 0.2) is 24.3 Å². The number of nitrogens with zero attached hydrogens (tertiary/aromatic N) is 2. The Labute approximate surface area is 179 Å². The lowest BCUT2D eigenvalue weighted by molar-refractivity contribution is -0.192. The normalized spacial score (nSPS) is 20.6. The van der Waals surface area contributed by atoms with Crippen LogP contribution in [0.5, 0.6) is 5.75 Å². The minimum Gasteiger partial charge on any atom is -0.497 e. The van der Waals surface area contributed by atoms with Gasteiger partial charge in [-0.2, -0.15) is 13.2 Å². The lowest BCUT2D eigenvalue weighted by Crippen LogP contribution is -2.45. The third kappa shape index (κ3) is 7.10. The Morgan fingerprint density at radius 1 is 1.19 bits per heavy atom. The molecular weight excluding hydrogens is 417 g/mol. The summed E-state index contributed by atoms with van der Waals surface area (Å²) in [5, 5.41) is 7.12. The van der Waals surface area contributed by atoms with Crippen LogP contribution in [-0.2, 0) is 20.9 Å². The summed E-state index contributed by atoms with van der Waals surface area (Å²) in [7, 11) is 5.29. The van der Waals surface area contributed by atoms with Crippen LogP contribution in [0.3, 0.4) is 0 Å². The smallest absolute Gasteiger partial charge is 0.490 e. The summed E-state index contributed by atoms with van der Waals surface area (Å²) in [4.78, 5) is 25.1. The van der Waals surface area contributed by atoms with Gasteiger partial charge in [-0.15, -0.1) is 0 Å². The number of carboxylic acids is 1. The summed E-state index contributed by atoms with van der Waals surface area (Å²) >= 11 is 0. The number of amides is 1. The number of piperidine rings is 1. The summed E-state index contributed by atoms with van der Waals surface area (Å²) in [5.41, 5.74) is 1.23. The van der Waals surface area contributed by atoms with Crippen molar-refractivity contribution in [3.05, 3.63) is 29.8 Å². The van der Waals surface area contributed by atoms with Crippen LogP contribution >= 0.6 is 0 Å². The zero-order valence-corrected chi connectivity index (χ0v) is 17.9. The fourth-order valence-corrected chi connectivity index (χ4v) is 3.75. The van der Waals surface area contributed by atoms with E-state index in [0.29, 0.717) is 0 Å². The number of rotatable bonds is 4.